The van der Waals surface area contributed by atoms with Crippen LogP contribution in [0, 0.1) is 0 Å². The molecule has 0 radical (unpaired) electrons. The van der Waals surface area contributed by atoms with Crippen molar-refractivity contribution in [2.45, 2.75) is 13.0 Å². The van der Waals surface area contributed by atoms with Crippen molar-refractivity contribution in [2.75, 3.05) is 0 Å². The number of aliphatic carboxylic acids is 1. The highest BCUT2D eigenvalue weighted by Crippen LogP contribution is 1.99. The SMILES string of the molecule is CC(NC(=O)c1ccco1)C(=O)[O-]. The summed E-state index contributed by atoms with van der Waals surface area (Å²) in [5, 5.41) is 12.4. The summed E-state index contributed by atoms with van der Waals surface area (Å²) < 4.78 is 4.75. The van der Waals surface area contributed by atoms with Crippen molar-refractivity contribution in [3.63, 3.8) is 0 Å². The number of furan rings is 1. The van der Waals surface area contributed by atoms with Crippen molar-refractivity contribution in [3.8, 4) is 0 Å². The lowest BCUT2D eigenvalue weighted by molar-refractivity contribution is -0.307. The van der Waals surface area contributed by atoms with E-state index in [1.165, 1.54) is 19.3 Å². The molecule has 0 spiro atoms. The Labute approximate surface area is 74.4 Å². The lowest BCUT2D eigenvalue weighted by Gasteiger charge is -2.12. The summed E-state index contributed by atoms with van der Waals surface area (Å²) in [4.78, 5) is 21.4. The molecule has 0 bridgehead atoms. The van der Waals surface area contributed by atoms with Crippen molar-refractivity contribution in [3.05, 3.63) is 24.2 Å². The molecular weight excluding hydrogens is 174 g/mol. The van der Waals surface area contributed by atoms with E-state index in [1.807, 2.05) is 0 Å². The maximum absolute atomic E-state index is 11.1. The molecule has 1 atom stereocenters. The van der Waals surface area contributed by atoms with Gasteiger partial charge in [0.15, 0.2) is 5.76 Å². The lowest BCUT2D eigenvalue weighted by atomic mass is 10.3. The van der Waals surface area contributed by atoms with Crippen LogP contribution in [-0.4, -0.2) is 17.9 Å². The smallest absolute Gasteiger partial charge is 0.287 e. The second-order valence-electron chi connectivity index (χ2n) is 2.49. The van der Waals surface area contributed by atoms with Gasteiger partial charge in [0, 0.05) is 0 Å². The van der Waals surface area contributed by atoms with Gasteiger partial charge in [0.25, 0.3) is 5.91 Å². The van der Waals surface area contributed by atoms with Crippen LogP contribution < -0.4 is 10.4 Å². The Kier molecular flexibility index (Phi) is 2.69. The van der Waals surface area contributed by atoms with Crippen molar-refractivity contribution in [1.29, 1.82) is 0 Å². The molecule has 0 saturated heterocycles. The largest absolute Gasteiger partial charge is 0.548 e. The first kappa shape index (κ1) is 9.31. The molecule has 1 heterocycles. The average Bonchev–Trinajstić information content (AvgIpc) is 2.55. The second-order valence-corrected chi connectivity index (χ2v) is 2.49. The van der Waals surface area contributed by atoms with Crippen molar-refractivity contribution in [2.24, 2.45) is 0 Å². The van der Waals surface area contributed by atoms with Crippen LogP contribution >= 0.6 is 0 Å². The van der Waals surface area contributed by atoms with E-state index in [-0.39, 0.29) is 5.76 Å². The molecule has 1 aromatic heterocycles. The van der Waals surface area contributed by atoms with E-state index in [1.54, 1.807) is 6.07 Å². The van der Waals surface area contributed by atoms with Gasteiger partial charge < -0.3 is 19.6 Å². The van der Waals surface area contributed by atoms with Gasteiger partial charge in [-0.25, -0.2) is 0 Å². The number of carbonyl (C=O) groups excluding carboxylic acids is 2. The number of nitrogens with one attached hydrogen (secondary N) is 1. The van der Waals surface area contributed by atoms with Gasteiger partial charge in [0.1, 0.15) is 0 Å². The molecule has 70 valence electrons. The zero-order valence-corrected chi connectivity index (χ0v) is 6.94. The fourth-order valence-corrected chi connectivity index (χ4v) is 0.734. The molecule has 1 unspecified atom stereocenters. The Morgan fingerprint density at radius 1 is 1.62 bits per heavy atom. The summed E-state index contributed by atoms with van der Waals surface area (Å²) in [6.45, 7) is 1.32. The summed E-state index contributed by atoms with van der Waals surface area (Å²) in [6.07, 6.45) is 1.33. The number of carbonyl (C=O) groups is 2. The van der Waals surface area contributed by atoms with Crippen LogP contribution in [0.1, 0.15) is 17.5 Å². The van der Waals surface area contributed by atoms with E-state index in [4.69, 9.17) is 4.42 Å². The molecule has 13 heavy (non-hydrogen) atoms. The number of amides is 1. The summed E-state index contributed by atoms with van der Waals surface area (Å²) in [5.74, 6) is -1.82. The maximum Gasteiger partial charge on any atom is 0.287 e. The van der Waals surface area contributed by atoms with E-state index in [2.05, 4.69) is 5.32 Å². The first-order valence-corrected chi connectivity index (χ1v) is 3.66. The van der Waals surface area contributed by atoms with E-state index in [0.717, 1.165) is 0 Å². The van der Waals surface area contributed by atoms with E-state index in [0.29, 0.717) is 0 Å². The van der Waals surface area contributed by atoms with Crippen LogP contribution in [0.15, 0.2) is 22.8 Å². The first-order chi connectivity index (χ1) is 6.11. The summed E-state index contributed by atoms with van der Waals surface area (Å²) >= 11 is 0. The van der Waals surface area contributed by atoms with Crippen molar-refractivity contribution < 1.29 is 19.1 Å². The summed E-state index contributed by atoms with van der Waals surface area (Å²) in [7, 11) is 0. The molecule has 0 fully saturated rings. The third kappa shape index (κ3) is 2.33. The van der Waals surface area contributed by atoms with Crippen LogP contribution in [0.4, 0.5) is 0 Å². The molecule has 0 saturated carbocycles. The van der Waals surface area contributed by atoms with Gasteiger partial charge in [0.2, 0.25) is 0 Å². The number of rotatable bonds is 3. The zero-order valence-electron chi connectivity index (χ0n) is 6.94. The molecule has 0 aliphatic heterocycles. The van der Waals surface area contributed by atoms with Gasteiger partial charge in [-0.15, -0.1) is 0 Å². The predicted octanol–water partition coefficient (Wildman–Crippen LogP) is -0.852. The minimum absolute atomic E-state index is 0.0769. The third-order valence-corrected chi connectivity index (χ3v) is 1.45. The molecule has 1 rings (SSSR count). The normalized spacial score (nSPS) is 12.1. The average molecular weight is 182 g/mol. The maximum atomic E-state index is 11.1. The predicted molar refractivity (Wildman–Crippen MR) is 40.6 cm³/mol. The minimum Gasteiger partial charge on any atom is -0.548 e. The van der Waals surface area contributed by atoms with Gasteiger partial charge in [-0.2, -0.15) is 0 Å². The van der Waals surface area contributed by atoms with E-state index in [9.17, 15) is 14.7 Å². The molecule has 0 aliphatic rings. The fourth-order valence-electron chi connectivity index (χ4n) is 0.734. The summed E-state index contributed by atoms with van der Waals surface area (Å²) in [6, 6.07) is 1.95. The topological polar surface area (TPSA) is 82.4 Å². The Hall–Kier alpha value is -1.78. The third-order valence-electron chi connectivity index (χ3n) is 1.45. The van der Waals surface area contributed by atoms with Gasteiger partial charge in [-0.05, 0) is 19.1 Å². The van der Waals surface area contributed by atoms with Gasteiger partial charge in [-0.1, -0.05) is 0 Å². The molecule has 1 N–H and O–H groups in total. The van der Waals surface area contributed by atoms with Crippen molar-refractivity contribution >= 4 is 11.9 Å². The lowest BCUT2D eigenvalue weighted by Crippen LogP contribution is -2.45. The quantitative estimate of drug-likeness (QED) is 0.659. The van der Waals surface area contributed by atoms with Crippen LogP contribution in [-0.2, 0) is 4.79 Å². The number of carboxylic acid groups (broad SMARTS) is 1. The van der Waals surface area contributed by atoms with Gasteiger partial charge >= 0.3 is 0 Å². The Bertz CT molecular complexity index is 304. The van der Waals surface area contributed by atoms with Gasteiger partial charge in [0.05, 0.1) is 18.3 Å². The van der Waals surface area contributed by atoms with Crippen molar-refractivity contribution in [1.82, 2.24) is 5.32 Å². The first-order valence-electron chi connectivity index (χ1n) is 3.66. The molecule has 0 aromatic carbocycles. The number of hydrogen-bond donors (Lipinski definition) is 1. The number of hydrogen-bond acceptors (Lipinski definition) is 4. The fraction of sp³-hybridized carbons (Fsp3) is 0.250. The van der Waals surface area contributed by atoms with Crippen LogP contribution in [0.5, 0.6) is 0 Å². The molecule has 1 aromatic rings. The molecule has 5 heteroatoms. The summed E-state index contributed by atoms with van der Waals surface area (Å²) in [5.41, 5.74) is 0. The van der Waals surface area contributed by atoms with Crippen LogP contribution in [0.3, 0.4) is 0 Å². The Morgan fingerprint density at radius 2 is 2.31 bits per heavy atom. The van der Waals surface area contributed by atoms with Crippen LogP contribution in [0.25, 0.3) is 0 Å². The molecule has 1 amide bonds. The monoisotopic (exact) mass is 182 g/mol. The molecule has 0 aliphatic carbocycles. The highest BCUT2D eigenvalue weighted by Gasteiger charge is 2.11. The van der Waals surface area contributed by atoms with E-state index < -0.39 is 17.9 Å². The second kappa shape index (κ2) is 3.75. The molecular formula is C8H8NO4-. The minimum atomic E-state index is -1.33. The Morgan fingerprint density at radius 3 is 2.77 bits per heavy atom. The Balaban J connectivity index is 2.56. The van der Waals surface area contributed by atoms with E-state index >= 15 is 0 Å². The zero-order chi connectivity index (χ0) is 9.84. The number of carboxylic acids is 1. The standard InChI is InChI=1S/C8H9NO4/c1-5(8(11)12)9-7(10)6-3-2-4-13-6/h2-5H,1H3,(H,9,10)(H,11,12)/p-1. The van der Waals surface area contributed by atoms with Crippen LogP contribution in [0.2, 0.25) is 0 Å². The highest BCUT2D eigenvalue weighted by atomic mass is 16.4. The highest BCUT2D eigenvalue weighted by molar-refractivity contribution is 5.93. The molecule has 5 nitrogen and oxygen atoms in total. The van der Waals surface area contributed by atoms with Gasteiger partial charge in [-0.3, -0.25) is 4.79 Å².